The second kappa shape index (κ2) is 9.39. The molecule has 1 aliphatic heterocycles. The number of ether oxygens (including phenoxy) is 1. The molecule has 2 atom stereocenters. The van der Waals surface area contributed by atoms with Crippen molar-refractivity contribution in [3.63, 3.8) is 0 Å². The number of rotatable bonds is 5. The molecular weight excluding hydrogens is 484 g/mol. The third-order valence-electron chi connectivity index (χ3n) is 7.06. The van der Waals surface area contributed by atoms with Crippen molar-refractivity contribution >= 4 is 28.0 Å². The summed E-state index contributed by atoms with van der Waals surface area (Å²) in [5.41, 5.74) is 4.07. The summed E-state index contributed by atoms with van der Waals surface area (Å²) in [6, 6.07) is 7.42. The Balaban J connectivity index is 1.67. The Morgan fingerprint density at radius 2 is 2.08 bits per heavy atom. The van der Waals surface area contributed by atoms with E-state index < -0.39 is 0 Å². The SMILES string of the molecule is CCC1CC(n2c(=O)nc(-c3ccc(NC)nc3)c3oc4cc(C#N)c(-c5cnn(C)c5)nc4c32)CCO1. The summed E-state index contributed by atoms with van der Waals surface area (Å²) in [6.45, 7) is 2.63. The van der Waals surface area contributed by atoms with E-state index >= 15 is 0 Å². The van der Waals surface area contributed by atoms with Crippen LogP contribution in [-0.2, 0) is 11.8 Å². The molecule has 192 valence electrons. The number of nitriles is 1. The molecule has 0 radical (unpaired) electrons. The Hall–Kier alpha value is -4.56. The third-order valence-corrected chi connectivity index (χ3v) is 7.06. The first-order chi connectivity index (χ1) is 18.5. The molecule has 0 aliphatic carbocycles. The van der Waals surface area contributed by atoms with Crippen LogP contribution in [-0.4, -0.2) is 49.1 Å². The molecule has 6 rings (SSSR count). The summed E-state index contributed by atoms with van der Waals surface area (Å²) in [5, 5.41) is 17.1. The van der Waals surface area contributed by atoms with Crippen molar-refractivity contribution in [1.29, 1.82) is 5.26 Å². The maximum absolute atomic E-state index is 13.7. The van der Waals surface area contributed by atoms with Crippen LogP contribution in [0.25, 0.3) is 44.7 Å². The van der Waals surface area contributed by atoms with Crippen molar-refractivity contribution in [1.82, 2.24) is 29.3 Å². The fourth-order valence-electron chi connectivity index (χ4n) is 5.13. The molecule has 0 saturated carbocycles. The van der Waals surface area contributed by atoms with Crippen LogP contribution in [0.15, 0.2) is 46.0 Å². The lowest BCUT2D eigenvalue weighted by atomic mass is 10.0. The van der Waals surface area contributed by atoms with Crippen LogP contribution in [0.2, 0.25) is 0 Å². The van der Waals surface area contributed by atoms with Crippen molar-refractivity contribution in [3.05, 3.63) is 52.8 Å². The van der Waals surface area contributed by atoms with Crippen LogP contribution in [0.4, 0.5) is 5.82 Å². The van der Waals surface area contributed by atoms with Crippen LogP contribution >= 0.6 is 0 Å². The number of anilines is 1. The number of aryl methyl sites for hydroxylation is 1. The quantitative estimate of drug-likeness (QED) is 0.371. The van der Waals surface area contributed by atoms with E-state index in [1.165, 1.54) is 0 Å². The molecule has 2 unspecified atom stereocenters. The summed E-state index contributed by atoms with van der Waals surface area (Å²) >= 11 is 0. The molecular formula is C27H26N8O3. The van der Waals surface area contributed by atoms with Crippen molar-refractivity contribution in [3.8, 4) is 28.6 Å². The van der Waals surface area contributed by atoms with Gasteiger partial charge in [-0.15, -0.1) is 0 Å². The average Bonchev–Trinajstić information content (AvgIpc) is 3.55. The van der Waals surface area contributed by atoms with Gasteiger partial charge in [0.25, 0.3) is 0 Å². The summed E-state index contributed by atoms with van der Waals surface area (Å²) in [5.74, 6) is 0.692. The normalized spacial score (nSPS) is 17.6. The molecule has 1 saturated heterocycles. The summed E-state index contributed by atoms with van der Waals surface area (Å²) < 4.78 is 15.6. The highest BCUT2D eigenvalue weighted by Crippen LogP contribution is 2.38. The van der Waals surface area contributed by atoms with Gasteiger partial charge in [0.1, 0.15) is 28.6 Å². The molecule has 0 spiro atoms. The van der Waals surface area contributed by atoms with Gasteiger partial charge in [0, 0.05) is 56.3 Å². The molecule has 38 heavy (non-hydrogen) atoms. The number of aromatic nitrogens is 6. The second-order valence-electron chi connectivity index (χ2n) is 9.40. The van der Waals surface area contributed by atoms with Crippen LogP contribution in [0.3, 0.4) is 0 Å². The molecule has 11 nitrogen and oxygen atoms in total. The molecule has 1 fully saturated rings. The topological polar surface area (TPSA) is 137 Å². The number of hydrogen-bond acceptors (Lipinski definition) is 9. The minimum atomic E-state index is -0.385. The number of furan rings is 1. The van der Waals surface area contributed by atoms with E-state index in [-0.39, 0.29) is 17.8 Å². The summed E-state index contributed by atoms with van der Waals surface area (Å²) in [7, 11) is 3.59. The second-order valence-corrected chi connectivity index (χ2v) is 9.40. The highest BCUT2D eigenvalue weighted by molar-refractivity contribution is 6.05. The van der Waals surface area contributed by atoms with Gasteiger partial charge in [-0.1, -0.05) is 6.92 Å². The monoisotopic (exact) mass is 510 g/mol. The zero-order chi connectivity index (χ0) is 26.4. The summed E-state index contributed by atoms with van der Waals surface area (Å²) in [6.07, 6.45) is 7.38. The lowest BCUT2D eigenvalue weighted by Gasteiger charge is -2.30. The molecule has 0 amide bonds. The van der Waals surface area contributed by atoms with Gasteiger partial charge in [-0.2, -0.15) is 15.3 Å². The highest BCUT2D eigenvalue weighted by Gasteiger charge is 2.29. The first-order valence-electron chi connectivity index (χ1n) is 12.5. The molecule has 1 aliphatic rings. The molecule has 11 heteroatoms. The fourth-order valence-corrected chi connectivity index (χ4v) is 5.13. The highest BCUT2D eigenvalue weighted by atomic mass is 16.5. The third kappa shape index (κ3) is 3.90. The maximum atomic E-state index is 13.7. The van der Waals surface area contributed by atoms with E-state index in [0.29, 0.717) is 75.5 Å². The number of pyridine rings is 2. The number of fused-ring (bicyclic) bond motifs is 3. The zero-order valence-corrected chi connectivity index (χ0v) is 21.3. The van der Waals surface area contributed by atoms with E-state index in [0.717, 1.165) is 6.42 Å². The molecule has 5 aromatic heterocycles. The van der Waals surface area contributed by atoms with E-state index in [9.17, 15) is 10.1 Å². The fraction of sp³-hybridized carbons (Fsp3) is 0.333. The molecule has 5 aromatic rings. The van der Waals surface area contributed by atoms with Crippen molar-refractivity contribution < 1.29 is 9.15 Å². The van der Waals surface area contributed by atoms with Gasteiger partial charge in [0.15, 0.2) is 11.2 Å². The zero-order valence-electron chi connectivity index (χ0n) is 21.3. The van der Waals surface area contributed by atoms with E-state index in [1.54, 1.807) is 48.0 Å². The Labute approximate surface area is 217 Å². The lowest BCUT2D eigenvalue weighted by Crippen LogP contribution is -2.34. The first kappa shape index (κ1) is 23.8. The molecule has 0 bridgehead atoms. The molecule has 0 aromatic carbocycles. The van der Waals surface area contributed by atoms with Crippen LogP contribution in [0.5, 0.6) is 0 Å². The van der Waals surface area contributed by atoms with Gasteiger partial charge >= 0.3 is 5.69 Å². The Kier molecular flexibility index (Phi) is 5.88. The maximum Gasteiger partial charge on any atom is 0.349 e. The van der Waals surface area contributed by atoms with Gasteiger partial charge in [0.2, 0.25) is 0 Å². The Morgan fingerprint density at radius 1 is 1.21 bits per heavy atom. The van der Waals surface area contributed by atoms with Crippen LogP contribution < -0.4 is 11.0 Å². The van der Waals surface area contributed by atoms with Crippen LogP contribution in [0.1, 0.15) is 37.8 Å². The number of nitrogens with one attached hydrogen (secondary N) is 1. The van der Waals surface area contributed by atoms with E-state index in [4.69, 9.17) is 14.1 Å². The van der Waals surface area contributed by atoms with E-state index in [2.05, 4.69) is 33.4 Å². The van der Waals surface area contributed by atoms with Crippen molar-refractivity contribution in [2.45, 2.75) is 38.3 Å². The van der Waals surface area contributed by atoms with E-state index in [1.807, 2.05) is 12.1 Å². The minimum absolute atomic E-state index is 0.0518. The van der Waals surface area contributed by atoms with Gasteiger partial charge in [-0.3, -0.25) is 9.25 Å². The van der Waals surface area contributed by atoms with Crippen molar-refractivity contribution in [2.24, 2.45) is 7.05 Å². The van der Waals surface area contributed by atoms with Crippen LogP contribution in [0, 0.1) is 11.3 Å². The predicted molar refractivity (Wildman–Crippen MR) is 142 cm³/mol. The van der Waals surface area contributed by atoms with Gasteiger partial charge in [0.05, 0.1) is 23.6 Å². The lowest BCUT2D eigenvalue weighted by molar-refractivity contribution is -0.00710. The smallest absolute Gasteiger partial charge is 0.349 e. The molecule has 1 N–H and O–H groups in total. The molecule has 6 heterocycles. The summed E-state index contributed by atoms with van der Waals surface area (Å²) in [4.78, 5) is 27.5. The van der Waals surface area contributed by atoms with Gasteiger partial charge in [-0.05, 0) is 31.4 Å². The standard InChI is InChI=1S/C27H26N8O3/c1-4-19-10-18(7-8-37-19)35-25-24-20(9-16(11-28)22(32-24)17-13-31-34(3)14-17)38-26(25)23(33-27(35)36)15-5-6-21(29-2)30-12-15/h5-6,9,12-14,18-19H,4,7-8,10H2,1-3H3,(H,29,30). The minimum Gasteiger partial charge on any atom is -0.450 e. The van der Waals surface area contributed by atoms with Crippen molar-refractivity contribution in [2.75, 3.05) is 19.0 Å². The first-order valence-corrected chi connectivity index (χ1v) is 12.5. The Morgan fingerprint density at radius 3 is 2.76 bits per heavy atom. The Bertz CT molecular complexity index is 1760. The number of hydrogen-bond donors (Lipinski definition) is 1. The van der Waals surface area contributed by atoms with Gasteiger partial charge in [-0.25, -0.2) is 14.8 Å². The average molecular weight is 511 g/mol. The largest absolute Gasteiger partial charge is 0.450 e. The number of nitrogens with zero attached hydrogens (tertiary/aromatic N) is 7. The predicted octanol–water partition coefficient (Wildman–Crippen LogP) is 4.04. The van der Waals surface area contributed by atoms with Gasteiger partial charge < -0.3 is 14.5 Å².